The van der Waals surface area contributed by atoms with Crippen molar-refractivity contribution >= 4 is 44.6 Å². The Hall–Kier alpha value is -8.39. The number of aryl methyl sites for hydroxylation is 5. The van der Waals surface area contributed by atoms with E-state index >= 15 is 0 Å². The zero-order chi connectivity index (χ0) is 71.7. The molecule has 0 spiro atoms. The van der Waals surface area contributed by atoms with Gasteiger partial charge in [0.1, 0.15) is 5.82 Å². The Balaban J connectivity index is 0.000000286. The third kappa shape index (κ3) is 29.7. The lowest BCUT2D eigenvalue weighted by Crippen LogP contribution is -2.07. The van der Waals surface area contributed by atoms with Crippen LogP contribution in [0.3, 0.4) is 0 Å². The monoisotopic (exact) mass is 1280 g/mol. The topological polar surface area (TPSA) is 0 Å². The summed E-state index contributed by atoms with van der Waals surface area (Å²) in [6.45, 7) is 68.9. The van der Waals surface area contributed by atoms with Gasteiger partial charge in [-0.25, -0.2) is 4.39 Å². The van der Waals surface area contributed by atoms with Crippen molar-refractivity contribution in [1.82, 2.24) is 0 Å². The fourth-order valence-corrected chi connectivity index (χ4v) is 10.3. The van der Waals surface area contributed by atoms with Crippen LogP contribution in [0.2, 0.25) is 0 Å². The Morgan fingerprint density at radius 2 is 0.625 bits per heavy atom. The van der Waals surface area contributed by atoms with Gasteiger partial charge in [-0.15, -0.1) is 0 Å². The highest BCUT2D eigenvalue weighted by Crippen LogP contribution is 2.35. The number of allylic oxidation sites excluding steroid dienone is 8. The van der Waals surface area contributed by atoms with Crippen LogP contribution in [0.15, 0.2) is 259 Å². The Bertz CT molecular complexity index is 3280. The molecule has 8 aromatic carbocycles. The average molecular weight is 1280 g/mol. The lowest BCUT2D eigenvalue weighted by Gasteiger charge is -2.23. The molecule has 0 N–H and O–H groups in total. The van der Waals surface area contributed by atoms with Crippen molar-refractivity contribution in [3.8, 4) is 0 Å². The normalized spacial score (nSPS) is 12.1. The van der Waals surface area contributed by atoms with E-state index in [0.29, 0.717) is 29.6 Å². The maximum Gasteiger partial charge on any atom is 0.123 e. The van der Waals surface area contributed by atoms with Crippen molar-refractivity contribution in [2.24, 2.45) is 40.9 Å². The molecular formula is C95H121F. The molecule has 96 heavy (non-hydrogen) atoms. The highest BCUT2D eigenvalue weighted by atomic mass is 19.1. The lowest BCUT2D eigenvalue weighted by molar-refractivity contribution is 0.430. The first-order valence-corrected chi connectivity index (χ1v) is 35.1. The van der Waals surface area contributed by atoms with Crippen LogP contribution >= 0.6 is 0 Å². The minimum absolute atomic E-state index is 0.168. The quantitative estimate of drug-likeness (QED) is 0.108. The summed E-state index contributed by atoms with van der Waals surface area (Å²) in [5, 5.41) is 0. The summed E-state index contributed by atoms with van der Waals surface area (Å²) >= 11 is 0. The van der Waals surface area contributed by atoms with E-state index in [9.17, 15) is 4.39 Å². The largest absolute Gasteiger partial charge is 0.207 e. The standard InChI is InChI=1S/C14H18.5C12H16.C11H13F.C10H10/c1-12(13-8-4-2-5-9-13)14-10-6-3-7-11-14;4*1-9(2)11(4)12-7-5-10(3)6-8-12;1-10(12(2,3)4)11-8-6-5-7-9-11;1-8(2)9(3)10-4-6-11(12)7-5-10;1-8-6-7-9-4-2-3-5-10(8)9/h2,4-5,8-9,14H,1,3,6-7,10-11H2;4*5-9H,4H2,1-3H3;5-9H,1H2,2-4H3;4-8H,3H2,1-2H3;2-5H,1,6-7H2. The molecule has 0 aromatic heterocycles. The van der Waals surface area contributed by atoms with Gasteiger partial charge in [-0.05, 0) is 201 Å². The second kappa shape index (κ2) is 42.2. The maximum atomic E-state index is 12.5. The first-order chi connectivity index (χ1) is 45.3. The lowest BCUT2D eigenvalue weighted by atomic mass is 9.82. The molecule has 2 aliphatic rings. The molecule has 0 nitrogen and oxygen atoms in total. The molecule has 0 atom stereocenters. The molecule has 1 fully saturated rings. The molecule has 0 heterocycles. The van der Waals surface area contributed by atoms with Gasteiger partial charge in [0.2, 0.25) is 0 Å². The summed E-state index contributed by atoms with van der Waals surface area (Å²) in [6, 6.07) is 70.0. The van der Waals surface area contributed by atoms with Gasteiger partial charge in [0.05, 0.1) is 0 Å². The molecule has 0 unspecified atom stereocenters. The molecule has 0 bridgehead atoms. The van der Waals surface area contributed by atoms with Crippen LogP contribution in [0.5, 0.6) is 0 Å². The van der Waals surface area contributed by atoms with E-state index in [1.54, 1.807) is 12.1 Å². The molecule has 10 rings (SSSR count). The van der Waals surface area contributed by atoms with Crippen molar-refractivity contribution in [1.29, 1.82) is 0 Å². The van der Waals surface area contributed by atoms with Gasteiger partial charge < -0.3 is 0 Å². The van der Waals surface area contributed by atoms with Gasteiger partial charge in [0.25, 0.3) is 0 Å². The fourth-order valence-electron chi connectivity index (χ4n) is 10.3. The summed E-state index contributed by atoms with van der Waals surface area (Å²) in [7, 11) is 0. The van der Waals surface area contributed by atoms with Gasteiger partial charge in [0.15, 0.2) is 0 Å². The van der Waals surface area contributed by atoms with Crippen molar-refractivity contribution in [2.45, 2.75) is 163 Å². The molecule has 0 aliphatic heterocycles. The first kappa shape index (κ1) is 81.8. The summed E-state index contributed by atoms with van der Waals surface area (Å²) < 4.78 is 12.5. The highest BCUT2D eigenvalue weighted by molar-refractivity contribution is 5.71. The van der Waals surface area contributed by atoms with Crippen molar-refractivity contribution in [3.63, 3.8) is 0 Å². The molecule has 2 aliphatic carbocycles. The molecular weight excluding hydrogens is 1160 g/mol. The minimum atomic E-state index is -0.199. The smallest absolute Gasteiger partial charge is 0.123 e. The predicted molar refractivity (Wildman–Crippen MR) is 431 cm³/mol. The van der Waals surface area contributed by atoms with Crippen LogP contribution < -0.4 is 0 Å². The number of hydrogen-bond donors (Lipinski definition) is 0. The zero-order valence-electron chi connectivity index (χ0n) is 62.6. The van der Waals surface area contributed by atoms with Gasteiger partial charge in [0, 0.05) is 0 Å². The number of rotatable bonds is 13. The number of fused-ring (bicyclic) bond motifs is 1. The molecule has 0 amide bonds. The van der Waals surface area contributed by atoms with Gasteiger partial charge in [-0.1, -0.05) is 378 Å². The van der Waals surface area contributed by atoms with Crippen LogP contribution in [-0.2, 0) is 6.42 Å². The average Bonchev–Trinajstić information content (AvgIpc) is 1.74. The van der Waals surface area contributed by atoms with Gasteiger partial charge in [-0.3, -0.25) is 0 Å². The molecule has 8 aromatic rings. The highest BCUT2D eigenvalue weighted by Gasteiger charge is 2.18. The number of halogens is 1. The van der Waals surface area contributed by atoms with E-state index in [0.717, 1.165) is 23.5 Å². The van der Waals surface area contributed by atoms with Crippen molar-refractivity contribution < 1.29 is 4.39 Å². The summed E-state index contributed by atoms with van der Waals surface area (Å²) in [4.78, 5) is 0. The predicted octanol–water partition coefficient (Wildman–Crippen LogP) is 28.8. The summed E-state index contributed by atoms with van der Waals surface area (Å²) in [6.07, 6.45) is 9.21. The van der Waals surface area contributed by atoms with Gasteiger partial charge >= 0.3 is 0 Å². The second-order valence-electron chi connectivity index (χ2n) is 28.5. The minimum Gasteiger partial charge on any atom is -0.207 e. The van der Waals surface area contributed by atoms with E-state index in [2.05, 4.69) is 334 Å². The van der Waals surface area contributed by atoms with Crippen LogP contribution in [0.4, 0.5) is 4.39 Å². The van der Waals surface area contributed by atoms with Crippen molar-refractivity contribution in [2.75, 3.05) is 0 Å². The second-order valence-corrected chi connectivity index (χ2v) is 28.5. The van der Waals surface area contributed by atoms with Crippen LogP contribution in [-0.4, -0.2) is 0 Å². The zero-order valence-corrected chi connectivity index (χ0v) is 62.6. The van der Waals surface area contributed by atoms with E-state index in [1.165, 1.54) is 156 Å². The maximum absolute atomic E-state index is 12.5. The summed E-state index contributed by atoms with van der Waals surface area (Å²) in [5.74, 6) is 3.10. The Morgan fingerprint density at radius 1 is 0.344 bits per heavy atom. The fraction of sp³-hybridized carbons (Fsp3) is 0.326. The molecule has 508 valence electrons. The number of hydrogen-bond acceptors (Lipinski definition) is 0. The van der Waals surface area contributed by atoms with Crippen LogP contribution in [0.25, 0.3) is 44.6 Å². The van der Waals surface area contributed by atoms with Crippen LogP contribution in [0.1, 0.15) is 201 Å². The first-order valence-electron chi connectivity index (χ1n) is 35.1. The Labute approximate surface area is 586 Å². The van der Waals surface area contributed by atoms with E-state index in [1.807, 2.05) is 18.2 Å². The third-order valence-corrected chi connectivity index (χ3v) is 17.8. The molecule has 1 heteroatoms. The number of benzene rings is 8. The SMILES string of the molecule is C=C(c1ccc(C)cc1)C(C)C.C=C(c1ccc(C)cc1)C(C)C.C=C(c1ccc(C)cc1)C(C)C.C=C(c1ccc(C)cc1)C(C)C.C=C(c1ccc(F)cc1)C(C)C.C=C(c1ccccc1)C(C)(C)C.C=C(c1ccccc1)C1CCCCC1.C=C1CCc2ccccc21. The Kier molecular flexibility index (Phi) is 36.0. The van der Waals surface area contributed by atoms with E-state index < -0.39 is 0 Å². The molecule has 0 radical (unpaired) electrons. The van der Waals surface area contributed by atoms with Crippen molar-refractivity contribution in [3.05, 3.63) is 337 Å². The molecule has 0 saturated heterocycles. The van der Waals surface area contributed by atoms with E-state index in [4.69, 9.17) is 0 Å². The molecule has 1 saturated carbocycles. The van der Waals surface area contributed by atoms with Gasteiger partial charge in [-0.2, -0.15) is 0 Å². The Morgan fingerprint density at radius 3 is 0.917 bits per heavy atom. The third-order valence-electron chi connectivity index (χ3n) is 17.8. The van der Waals surface area contributed by atoms with E-state index in [-0.39, 0.29) is 11.2 Å². The summed E-state index contributed by atoms with van der Waals surface area (Å²) in [5.41, 5.74) is 26.6. The van der Waals surface area contributed by atoms with Crippen LogP contribution in [0, 0.1) is 74.4 Å².